The average molecular weight is 545 g/mol. The molecular formula is C24H25FN5O7P. The fourth-order valence-corrected chi connectivity index (χ4v) is 4.58. The zero-order valence-electron chi connectivity index (χ0n) is 20.1. The largest absolute Gasteiger partial charge is 0.426 e. The van der Waals surface area contributed by atoms with Crippen LogP contribution in [0.15, 0.2) is 65.7 Å². The van der Waals surface area contributed by atoms with Crippen LogP contribution < -0.4 is 16.0 Å². The number of hydrogen-bond donors (Lipinski definition) is 2. The molecule has 0 aliphatic carbocycles. The normalized spacial score (nSPS) is 12.9. The van der Waals surface area contributed by atoms with Crippen molar-refractivity contribution in [2.45, 2.75) is 19.6 Å². The molecule has 12 nitrogen and oxygen atoms in total. The Morgan fingerprint density at radius 3 is 2.61 bits per heavy atom. The molecule has 0 radical (unpaired) electrons. The third kappa shape index (κ3) is 7.56. The van der Waals surface area contributed by atoms with E-state index in [0.717, 1.165) is 17.7 Å². The molecule has 0 saturated heterocycles. The number of imidazole rings is 1. The van der Waals surface area contributed by atoms with E-state index in [1.54, 1.807) is 16.7 Å². The van der Waals surface area contributed by atoms with Crippen LogP contribution in [-0.2, 0) is 36.3 Å². The molecule has 0 saturated carbocycles. The summed E-state index contributed by atoms with van der Waals surface area (Å²) >= 11 is 0. The van der Waals surface area contributed by atoms with Gasteiger partial charge in [-0.2, -0.15) is 4.98 Å². The van der Waals surface area contributed by atoms with Crippen molar-refractivity contribution in [1.29, 1.82) is 0 Å². The maximum Gasteiger partial charge on any atom is 0.356 e. The summed E-state index contributed by atoms with van der Waals surface area (Å²) < 4.78 is 49.7. The lowest BCUT2D eigenvalue weighted by atomic mass is 10.2. The van der Waals surface area contributed by atoms with Gasteiger partial charge in [-0.1, -0.05) is 30.3 Å². The number of benzene rings is 2. The Bertz CT molecular complexity index is 1480. The molecule has 14 heteroatoms. The Balaban J connectivity index is 1.32. The van der Waals surface area contributed by atoms with Crippen molar-refractivity contribution in [3.05, 3.63) is 82.7 Å². The second-order valence-electron chi connectivity index (χ2n) is 7.98. The predicted octanol–water partition coefficient (Wildman–Crippen LogP) is 3.24. The van der Waals surface area contributed by atoms with Crippen molar-refractivity contribution in [1.82, 2.24) is 19.5 Å². The van der Waals surface area contributed by atoms with Gasteiger partial charge >= 0.3 is 13.6 Å². The maximum absolute atomic E-state index is 13.4. The topological polar surface area (TPSA) is 161 Å². The minimum absolute atomic E-state index is 0.000362. The smallest absolute Gasteiger partial charge is 0.356 e. The first-order valence-corrected chi connectivity index (χ1v) is 13.2. The van der Waals surface area contributed by atoms with Crippen LogP contribution in [-0.4, -0.2) is 45.1 Å². The molecular weight excluding hydrogens is 520 g/mol. The molecule has 0 amide bonds. The van der Waals surface area contributed by atoms with Gasteiger partial charge in [0.25, 0.3) is 5.56 Å². The molecule has 0 bridgehead atoms. The Labute approximate surface area is 216 Å². The van der Waals surface area contributed by atoms with Crippen molar-refractivity contribution >= 4 is 30.7 Å². The zero-order chi connectivity index (χ0) is 27.0. The standard InChI is InChI=1S/C24H25FN5O7P/c25-18-6-8-19(9-7-18)37-20(31)10-12-35-38(33,36-14-17-4-2-1-3-5-17)16-34-13-11-30-15-27-21-22(30)28-24(26)29-23(21)32/h1-9,15H,10-14,16H2,(H3,26,28,29,32). The number of carbonyl (C=O) groups excluding carboxylic acids is 1. The minimum Gasteiger partial charge on any atom is -0.426 e. The SMILES string of the molecule is Nc1nc2c(ncn2CCOCP(=O)(OCCC(=O)Oc2ccc(F)cc2)OCc2ccccc2)c(=O)[nH]1. The second-order valence-corrected chi connectivity index (χ2v) is 9.98. The number of rotatable bonds is 13. The number of fused-ring (bicyclic) bond motifs is 1. The Morgan fingerprint density at radius 2 is 1.84 bits per heavy atom. The summed E-state index contributed by atoms with van der Waals surface area (Å²) in [5.41, 5.74) is 6.33. The number of esters is 1. The first-order valence-electron chi connectivity index (χ1n) is 11.5. The van der Waals surface area contributed by atoms with Crippen LogP contribution in [0, 0.1) is 5.82 Å². The molecule has 0 spiro atoms. The van der Waals surface area contributed by atoms with E-state index in [1.165, 1.54) is 18.5 Å². The van der Waals surface area contributed by atoms with Gasteiger partial charge in [0.2, 0.25) is 5.95 Å². The number of aromatic nitrogens is 4. The van der Waals surface area contributed by atoms with E-state index in [2.05, 4.69) is 15.0 Å². The van der Waals surface area contributed by atoms with Crippen molar-refractivity contribution in [2.75, 3.05) is 25.3 Å². The zero-order valence-corrected chi connectivity index (χ0v) is 21.0. The van der Waals surface area contributed by atoms with E-state index in [1.807, 2.05) is 18.2 Å². The molecule has 0 fully saturated rings. The van der Waals surface area contributed by atoms with E-state index >= 15 is 0 Å². The van der Waals surface area contributed by atoms with Gasteiger partial charge < -0.3 is 28.8 Å². The number of nitrogens with one attached hydrogen (secondary N) is 1. The first kappa shape index (κ1) is 27.1. The molecule has 0 aliphatic heterocycles. The van der Waals surface area contributed by atoms with Crippen LogP contribution in [0.25, 0.3) is 11.2 Å². The van der Waals surface area contributed by atoms with Gasteiger partial charge in [0.05, 0.1) is 32.6 Å². The lowest BCUT2D eigenvalue weighted by molar-refractivity contribution is -0.134. The number of anilines is 1. The third-order valence-corrected chi connectivity index (χ3v) is 6.73. The highest BCUT2D eigenvalue weighted by molar-refractivity contribution is 7.53. The van der Waals surface area contributed by atoms with Crippen molar-refractivity contribution in [2.24, 2.45) is 0 Å². The van der Waals surface area contributed by atoms with Crippen LogP contribution in [0.2, 0.25) is 0 Å². The summed E-state index contributed by atoms with van der Waals surface area (Å²) in [6, 6.07) is 14.0. The number of nitrogens with two attached hydrogens (primary N) is 1. The minimum atomic E-state index is -3.80. The summed E-state index contributed by atoms with van der Waals surface area (Å²) in [5.74, 6) is -0.982. The van der Waals surface area contributed by atoms with Crippen LogP contribution in [0.4, 0.5) is 10.3 Å². The monoisotopic (exact) mass is 545 g/mol. The summed E-state index contributed by atoms with van der Waals surface area (Å²) in [4.78, 5) is 34.5. The second kappa shape index (κ2) is 12.6. The van der Waals surface area contributed by atoms with E-state index in [-0.39, 0.29) is 55.6 Å². The summed E-state index contributed by atoms with van der Waals surface area (Å²) in [6.07, 6.45) is 0.804. The van der Waals surface area contributed by atoms with Crippen LogP contribution in [0.3, 0.4) is 0 Å². The van der Waals surface area contributed by atoms with Gasteiger partial charge in [-0.15, -0.1) is 0 Å². The number of halogens is 1. The highest BCUT2D eigenvalue weighted by atomic mass is 31.2. The predicted molar refractivity (Wildman–Crippen MR) is 135 cm³/mol. The summed E-state index contributed by atoms with van der Waals surface area (Å²) in [7, 11) is -3.80. The number of ether oxygens (including phenoxy) is 2. The third-order valence-electron chi connectivity index (χ3n) is 5.13. The van der Waals surface area contributed by atoms with E-state index in [4.69, 9.17) is 24.3 Å². The van der Waals surface area contributed by atoms with E-state index in [9.17, 15) is 18.5 Å². The molecule has 4 aromatic rings. The highest BCUT2D eigenvalue weighted by Gasteiger charge is 2.26. The molecule has 200 valence electrons. The Kier molecular flexibility index (Phi) is 8.98. The lowest BCUT2D eigenvalue weighted by Crippen LogP contribution is -2.14. The van der Waals surface area contributed by atoms with Crippen molar-refractivity contribution in [3.8, 4) is 5.75 Å². The number of nitrogen functional groups attached to an aromatic ring is 1. The van der Waals surface area contributed by atoms with Crippen LogP contribution in [0.1, 0.15) is 12.0 Å². The van der Waals surface area contributed by atoms with Gasteiger partial charge in [0.15, 0.2) is 11.2 Å². The number of carbonyl (C=O) groups is 1. The molecule has 0 aliphatic rings. The molecule has 1 unspecified atom stereocenters. The molecule has 3 N–H and O–H groups in total. The number of aromatic amines is 1. The first-order chi connectivity index (χ1) is 18.3. The Hall–Kier alpha value is -3.90. The number of hydrogen-bond acceptors (Lipinski definition) is 10. The van der Waals surface area contributed by atoms with E-state index < -0.39 is 31.3 Å². The Morgan fingerprint density at radius 1 is 1.08 bits per heavy atom. The maximum atomic E-state index is 13.4. The fourth-order valence-electron chi connectivity index (χ4n) is 3.29. The molecule has 2 aromatic heterocycles. The van der Waals surface area contributed by atoms with Crippen molar-refractivity contribution < 1.29 is 32.3 Å². The van der Waals surface area contributed by atoms with Gasteiger partial charge in [0.1, 0.15) is 17.9 Å². The van der Waals surface area contributed by atoms with E-state index in [0.29, 0.717) is 0 Å². The summed E-state index contributed by atoms with van der Waals surface area (Å²) in [5, 5.41) is 0. The van der Waals surface area contributed by atoms with Crippen LogP contribution >= 0.6 is 7.60 Å². The lowest BCUT2D eigenvalue weighted by Gasteiger charge is -2.19. The van der Waals surface area contributed by atoms with Gasteiger partial charge in [-0.25, -0.2) is 9.37 Å². The fraction of sp³-hybridized carbons (Fsp3) is 0.250. The summed E-state index contributed by atoms with van der Waals surface area (Å²) in [6.45, 7) is 0.0385. The molecule has 2 aromatic carbocycles. The highest BCUT2D eigenvalue weighted by Crippen LogP contribution is 2.49. The molecule has 2 heterocycles. The van der Waals surface area contributed by atoms with Crippen LogP contribution in [0.5, 0.6) is 5.75 Å². The molecule has 4 rings (SSSR count). The van der Waals surface area contributed by atoms with Gasteiger partial charge in [0, 0.05) is 6.54 Å². The van der Waals surface area contributed by atoms with Crippen molar-refractivity contribution in [3.63, 3.8) is 0 Å². The number of nitrogens with zero attached hydrogens (tertiary/aromatic N) is 3. The van der Waals surface area contributed by atoms with Gasteiger partial charge in [-0.3, -0.25) is 19.1 Å². The molecule has 1 atom stereocenters. The molecule has 38 heavy (non-hydrogen) atoms. The average Bonchev–Trinajstić information content (AvgIpc) is 3.30. The quantitative estimate of drug-likeness (QED) is 0.110. The van der Waals surface area contributed by atoms with Gasteiger partial charge in [-0.05, 0) is 29.8 Å². The number of H-pyrrole nitrogens is 1.